The molecule has 0 radical (unpaired) electrons. The number of nitrogens with zero attached hydrogens (tertiary/aromatic N) is 3. The molecule has 6 nitrogen and oxygen atoms in total. The van der Waals surface area contributed by atoms with Gasteiger partial charge in [0.2, 0.25) is 4.77 Å². The van der Waals surface area contributed by atoms with Gasteiger partial charge in [0, 0.05) is 5.56 Å². The first-order chi connectivity index (χ1) is 13.7. The van der Waals surface area contributed by atoms with Gasteiger partial charge in [-0.05, 0) is 34.6 Å². The van der Waals surface area contributed by atoms with Gasteiger partial charge in [-0.1, -0.05) is 60.7 Å². The van der Waals surface area contributed by atoms with E-state index in [1.54, 1.807) is 6.21 Å². The van der Waals surface area contributed by atoms with Crippen molar-refractivity contribution in [3.05, 3.63) is 99.2 Å². The number of ether oxygens (including phenoxy) is 1. The molecule has 138 valence electrons. The number of fused-ring (bicyclic) bond motifs is 1. The van der Waals surface area contributed by atoms with Crippen LogP contribution in [0, 0.1) is 4.77 Å². The highest BCUT2D eigenvalue weighted by molar-refractivity contribution is 7.71. The number of H-pyrrole nitrogens is 1. The molecule has 7 heteroatoms. The fourth-order valence-electron chi connectivity index (χ4n) is 2.84. The van der Waals surface area contributed by atoms with Gasteiger partial charge >= 0.3 is 0 Å². The Morgan fingerprint density at radius 1 is 1.07 bits per heavy atom. The van der Waals surface area contributed by atoms with Gasteiger partial charge in [-0.15, -0.1) is 0 Å². The van der Waals surface area contributed by atoms with Crippen LogP contribution in [0.15, 0.2) is 82.8 Å². The van der Waals surface area contributed by atoms with Crippen molar-refractivity contribution >= 4 is 29.2 Å². The summed E-state index contributed by atoms with van der Waals surface area (Å²) in [7, 11) is 0. The van der Waals surface area contributed by atoms with Crippen molar-refractivity contribution in [2.45, 2.75) is 6.61 Å². The average molecular weight is 388 g/mol. The van der Waals surface area contributed by atoms with E-state index >= 15 is 0 Å². The predicted octanol–water partition coefficient (Wildman–Crippen LogP) is 3.92. The average Bonchev–Trinajstić information content (AvgIpc) is 2.73. The molecular weight excluding hydrogens is 372 g/mol. The smallest absolute Gasteiger partial charge is 0.293 e. The molecule has 0 aliphatic carbocycles. The third-order valence-corrected chi connectivity index (χ3v) is 4.47. The minimum absolute atomic E-state index is 0.121. The van der Waals surface area contributed by atoms with Gasteiger partial charge < -0.3 is 4.74 Å². The molecule has 0 saturated heterocycles. The third kappa shape index (κ3) is 3.74. The Morgan fingerprint density at radius 2 is 1.86 bits per heavy atom. The van der Waals surface area contributed by atoms with Crippen molar-refractivity contribution in [3.8, 4) is 5.75 Å². The molecule has 28 heavy (non-hydrogen) atoms. The zero-order valence-electron chi connectivity index (χ0n) is 14.8. The highest BCUT2D eigenvalue weighted by Crippen LogP contribution is 2.27. The Kier molecular flexibility index (Phi) is 5.07. The van der Waals surface area contributed by atoms with E-state index in [1.807, 2.05) is 66.7 Å². The van der Waals surface area contributed by atoms with Crippen LogP contribution in [0.25, 0.3) is 10.8 Å². The van der Waals surface area contributed by atoms with E-state index in [-0.39, 0.29) is 4.77 Å². The fourth-order valence-corrected chi connectivity index (χ4v) is 3.03. The summed E-state index contributed by atoms with van der Waals surface area (Å²) >= 11 is 5.10. The first-order valence-electron chi connectivity index (χ1n) is 8.62. The molecule has 0 aliphatic rings. The largest absolute Gasteiger partial charge is 0.488 e. The highest BCUT2D eigenvalue weighted by Gasteiger charge is 2.08. The van der Waals surface area contributed by atoms with Crippen LogP contribution >= 0.6 is 12.2 Å². The number of hydrogen-bond donors (Lipinski definition) is 1. The van der Waals surface area contributed by atoms with E-state index in [2.05, 4.69) is 15.3 Å². The molecule has 0 unspecified atom stereocenters. The van der Waals surface area contributed by atoms with Crippen LogP contribution in [0.3, 0.4) is 0 Å². The topological polar surface area (TPSA) is 72.3 Å². The SMILES string of the molecule is O=c1cn[nH]c(=S)n1/N=C/c1c(OCc2ccccc2)ccc2ccccc12. The fraction of sp³-hybridized carbons (Fsp3) is 0.0476. The van der Waals surface area contributed by atoms with Crippen molar-refractivity contribution in [3.63, 3.8) is 0 Å². The summed E-state index contributed by atoms with van der Waals surface area (Å²) < 4.78 is 7.26. The summed E-state index contributed by atoms with van der Waals surface area (Å²) in [5, 5.41) is 12.5. The minimum Gasteiger partial charge on any atom is -0.488 e. The van der Waals surface area contributed by atoms with Crippen LogP contribution in [0.1, 0.15) is 11.1 Å². The summed E-state index contributed by atoms with van der Waals surface area (Å²) in [4.78, 5) is 12.0. The number of aromatic nitrogens is 3. The molecule has 4 aromatic rings. The number of hydrogen-bond acceptors (Lipinski definition) is 5. The Morgan fingerprint density at radius 3 is 2.68 bits per heavy atom. The Balaban J connectivity index is 1.77. The van der Waals surface area contributed by atoms with Gasteiger partial charge in [0.25, 0.3) is 5.56 Å². The zero-order chi connectivity index (χ0) is 19.3. The van der Waals surface area contributed by atoms with E-state index in [9.17, 15) is 4.79 Å². The minimum atomic E-state index is -0.410. The summed E-state index contributed by atoms with van der Waals surface area (Å²) in [6.45, 7) is 0.426. The number of nitrogens with one attached hydrogen (secondary N) is 1. The summed E-state index contributed by atoms with van der Waals surface area (Å²) in [5.41, 5.74) is 1.42. The lowest BCUT2D eigenvalue weighted by molar-refractivity contribution is 0.306. The standard InChI is InChI=1S/C21H16N4O2S/c26-20-13-22-24-21(28)25(20)23-12-18-17-9-5-4-8-16(17)10-11-19(18)27-14-15-6-2-1-3-7-15/h1-13H,14H2,(H,24,28)/b23-12+. The second kappa shape index (κ2) is 7.98. The van der Waals surface area contributed by atoms with E-state index in [4.69, 9.17) is 17.0 Å². The number of aromatic amines is 1. The second-order valence-electron chi connectivity index (χ2n) is 6.04. The van der Waals surface area contributed by atoms with Crippen LogP contribution in [0.2, 0.25) is 0 Å². The van der Waals surface area contributed by atoms with Gasteiger partial charge in [-0.3, -0.25) is 9.89 Å². The number of rotatable bonds is 5. The van der Waals surface area contributed by atoms with Crippen molar-refractivity contribution in [1.82, 2.24) is 14.9 Å². The Labute approximate surface area is 165 Å². The maximum absolute atomic E-state index is 12.0. The van der Waals surface area contributed by atoms with Crippen molar-refractivity contribution in [1.29, 1.82) is 0 Å². The van der Waals surface area contributed by atoms with E-state index in [1.165, 1.54) is 0 Å². The molecule has 0 bridgehead atoms. The second-order valence-corrected chi connectivity index (χ2v) is 6.43. The lowest BCUT2D eigenvalue weighted by Crippen LogP contribution is -2.18. The molecule has 1 heterocycles. The maximum atomic E-state index is 12.0. The first kappa shape index (κ1) is 17.8. The van der Waals surface area contributed by atoms with Crippen LogP contribution in [-0.4, -0.2) is 21.1 Å². The molecular formula is C21H16N4O2S. The first-order valence-corrected chi connectivity index (χ1v) is 9.03. The third-order valence-electron chi connectivity index (χ3n) is 4.21. The molecule has 0 atom stereocenters. The highest BCUT2D eigenvalue weighted by atomic mass is 32.1. The van der Waals surface area contributed by atoms with Gasteiger partial charge in [-0.2, -0.15) is 14.9 Å². The summed E-state index contributed by atoms with van der Waals surface area (Å²) in [6, 6.07) is 21.7. The van der Waals surface area contributed by atoms with Crippen molar-refractivity contribution in [2.24, 2.45) is 5.10 Å². The van der Waals surface area contributed by atoms with E-state index < -0.39 is 5.56 Å². The molecule has 0 amide bonds. The quantitative estimate of drug-likeness (QED) is 0.416. The molecule has 3 aromatic carbocycles. The van der Waals surface area contributed by atoms with Crippen LogP contribution in [0.5, 0.6) is 5.75 Å². The lowest BCUT2D eigenvalue weighted by atomic mass is 10.0. The Hall–Kier alpha value is -3.58. The lowest BCUT2D eigenvalue weighted by Gasteiger charge is -2.12. The normalized spacial score (nSPS) is 11.1. The molecule has 0 aliphatic heterocycles. The molecule has 1 N–H and O–H groups in total. The van der Waals surface area contributed by atoms with Crippen molar-refractivity contribution in [2.75, 3.05) is 0 Å². The Bertz CT molecular complexity index is 1230. The molecule has 0 fully saturated rings. The maximum Gasteiger partial charge on any atom is 0.293 e. The van der Waals surface area contributed by atoms with Gasteiger partial charge in [0.05, 0.1) is 6.21 Å². The monoisotopic (exact) mass is 388 g/mol. The number of benzene rings is 3. The van der Waals surface area contributed by atoms with Crippen LogP contribution < -0.4 is 10.3 Å². The van der Waals surface area contributed by atoms with Crippen LogP contribution in [0.4, 0.5) is 0 Å². The van der Waals surface area contributed by atoms with Crippen molar-refractivity contribution < 1.29 is 4.74 Å². The molecule has 0 saturated carbocycles. The summed E-state index contributed by atoms with van der Waals surface area (Å²) in [5.74, 6) is 0.670. The van der Waals surface area contributed by atoms with Crippen LogP contribution in [-0.2, 0) is 6.61 Å². The molecule has 1 aromatic heterocycles. The molecule has 4 rings (SSSR count). The molecule has 0 spiro atoms. The predicted molar refractivity (Wildman–Crippen MR) is 111 cm³/mol. The summed E-state index contributed by atoms with van der Waals surface area (Å²) in [6.07, 6.45) is 2.72. The van der Waals surface area contributed by atoms with E-state index in [0.717, 1.165) is 32.8 Å². The van der Waals surface area contributed by atoms with Gasteiger partial charge in [0.1, 0.15) is 18.6 Å². The van der Waals surface area contributed by atoms with Gasteiger partial charge in [0.15, 0.2) is 0 Å². The zero-order valence-corrected chi connectivity index (χ0v) is 15.6. The van der Waals surface area contributed by atoms with Gasteiger partial charge in [-0.25, -0.2) is 0 Å². The van der Waals surface area contributed by atoms with E-state index in [0.29, 0.717) is 12.4 Å².